The van der Waals surface area contributed by atoms with E-state index in [1.807, 2.05) is 0 Å². The third kappa shape index (κ3) is 5.75. The lowest BCUT2D eigenvalue weighted by atomic mass is 10.1. The molecule has 0 saturated carbocycles. The highest BCUT2D eigenvalue weighted by Crippen LogP contribution is 2.09. The molecule has 0 fully saturated rings. The second-order valence-corrected chi connectivity index (χ2v) is 6.98. The summed E-state index contributed by atoms with van der Waals surface area (Å²) in [6, 6.07) is 12.4. The third-order valence-electron chi connectivity index (χ3n) is 3.52. The molecule has 0 atom stereocenters. The summed E-state index contributed by atoms with van der Waals surface area (Å²) in [5, 5.41) is 7.81. The van der Waals surface area contributed by atoms with E-state index in [4.69, 9.17) is 5.14 Å². The molecule has 2 rings (SSSR count). The Balaban J connectivity index is 1.74. The first-order valence-corrected chi connectivity index (χ1v) is 9.02. The zero-order chi connectivity index (χ0) is 17.6. The average molecular weight is 350 g/mol. The van der Waals surface area contributed by atoms with Gasteiger partial charge in [0.2, 0.25) is 15.9 Å². The van der Waals surface area contributed by atoms with Gasteiger partial charge in [-0.3, -0.25) is 4.79 Å². The van der Waals surface area contributed by atoms with Crippen molar-refractivity contribution in [2.75, 3.05) is 6.54 Å². The average Bonchev–Trinajstić information content (AvgIpc) is 2.53. The summed E-state index contributed by atoms with van der Waals surface area (Å²) in [7, 11) is -3.69. The van der Waals surface area contributed by atoms with E-state index >= 15 is 0 Å². The summed E-state index contributed by atoms with van der Waals surface area (Å²) in [6.07, 6.45) is 1.34. The fraction of sp³-hybridized carbons (Fsp3) is 0.235. The highest BCUT2D eigenvalue weighted by Gasteiger charge is 2.07. The number of primary sulfonamides is 1. The van der Waals surface area contributed by atoms with Crippen LogP contribution in [0.15, 0.2) is 53.4 Å². The molecule has 0 radical (unpaired) electrons. The quantitative estimate of drug-likeness (QED) is 0.797. The second-order valence-electron chi connectivity index (χ2n) is 5.42. The lowest BCUT2D eigenvalue weighted by molar-refractivity contribution is -0.121. The van der Waals surface area contributed by atoms with Crippen LogP contribution in [0, 0.1) is 5.82 Å². The Bertz CT molecular complexity index is 805. The molecule has 1 amide bonds. The third-order valence-corrected chi connectivity index (χ3v) is 4.45. The second kappa shape index (κ2) is 8.03. The summed E-state index contributed by atoms with van der Waals surface area (Å²) >= 11 is 0. The number of sulfonamides is 1. The minimum atomic E-state index is -3.69. The molecular weight excluding hydrogens is 331 g/mol. The number of nitrogens with two attached hydrogens (primary N) is 1. The van der Waals surface area contributed by atoms with Gasteiger partial charge in [0.1, 0.15) is 5.82 Å². The first-order valence-electron chi connectivity index (χ1n) is 7.47. The summed E-state index contributed by atoms with van der Waals surface area (Å²) in [4.78, 5) is 11.8. The zero-order valence-corrected chi connectivity index (χ0v) is 13.9. The molecular formula is C17H19FN2O3S. The van der Waals surface area contributed by atoms with Crippen molar-refractivity contribution in [2.45, 2.75) is 24.2 Å². The lowest BCUT2D eigenvalue weighted by Gasteiger charge is -2.06. The van der Waals surface area contributed by atoms with Crippen molar-refractivity contribution in [2.24, 2.45) is 5.14 Å². The van der Waals surface area contributed by atoms with Gasteiger partial charge in [0.15, 0.2) is 0 Å². The number of halogens is 1. The molecule has 5 nitrogen and oxygen atoms in total. The van der Waals surface area contributed by atoms with E-state index in [9.17, 15) is 17.6 Å². The SMILES string of the molecule is NS(=O)(=O)c1ccc(CCNC(=O)CCc2cccc(F)c2)cc1. The van der Waals surface area contributed by atoms with Gasteiger partial charge in [0.25, 0.3) is 0 Å². The van der Waals surface area contributed by atoms with Crippen molar-refractivity contribution >= 4 is 15.9 Å². The summed E-state index contributed by atoms with van der Waals surface area (Å²) in [6.45, 7) is 0.441. The van der Waals surface area contributed by atoms with Crippen molar-refractivity contribution in [1.29, 1.82) is 0 Å². The minimum Gasteiger partial charge on any atom is -0.356 e. The van der Waals surface area contributed by atoms with Crippen LogP contribution >= 0.6 is 0 Å². The van der Waals surface area contributed by atoms with E-state index < -0.39 is 10.0 Å². The van der Waals surface area contributed by atoms with Crippen molar-refractivity contribution < 1.29 is 17.6 Å². The van der Waals surface area contributed by atoms with Gasteiger partial charge in [-0.1, -0.05) is 24.3 Å². The highest BCUT2D eigenvalue weighted by atomic mass is 32.2. The number of nitrogens with one attached hydrogen (secondary N) is 1. The molecule has 128 valence electrons. The van der Waals surface area contributed by atoms with Gasteiger partial charge in [0.05, 0.1) is 4.90 Å². The van der Waals surface area contributed by atoms with Gasteiger partial charge in [-0.05, 0) is 48.2 Å². The summed E-state index contributed by atoms with van der Waals surface area (Å²) < 4.78 is 35.3. The van der Waals surface area contributed by atoms with Crippen LogP contribution < -0.4 is 10.5 Å². The molecule has 2 aromatic carbocycles. The van der Waals surface area contributed by atoms with Crippen LogP contribution in [0.3, 0.4) is 0 Å². The maximum absolute atomic E-state index is 13.0. The van der Waals surface area contributed by atoms with E-state index in [0.29, 0.717) is 19.4 Å². The topological polar surface area (TPSA) is 89.3 Å². The summed E-state index contributed by atoms with van der Waals surface area (Å²) in [5.41, 5.74) is 1.68. The van der Waals surface area contributed by atoms with Gasteiger partial charge in [-0.25, -0.2) is 17.9 Å². The molecule has 24 heavy (non-hydrogen) atoms. The monoisotopic (exact) mass is 350 g/mol. The molecule has 3 N–H and O–H groups in total. The number of amides is 1. The predicted molar refractivity (Wildman–Crippen MR) is 89.2 cm³/mol. The molecule has 0 aliphatic heterocycles. The fourth-order valence-corrected chi connectivity index (χ4v) is 2.75. The maximum atomic E-state index is 13.0. The molecule has 0 heterocycles. The van der Waals surface area contributed by atoms with Crippen LogP contribution in [0.5, 0.6) is 0 Å². The van der Waals surface area contributed by atoms with Gasteiger partial charge in [0, 0.05) is 13.0 Å². The Morgan fingerprint density at radius 2 is 1.75 bits per heavy atom. The Morgan fingerprint density at radius 1 is 1.04 bits per heavy atom. The van der Waals surface area contributed by atoms with Crippen LogP contribution in [0.1, 0.15) is 17.5 Å². The molecule has 0 aliphatic rings. The highest BCUT2D eigenvalue weighted by molar-refractivity contribution is 7.89. The molecule has 0 bridgehead atoms. The number of rotatable bonds is 7. The number of carbonyl (C=O) groups is 1. The molecule has 0 spiro atoms. The van der Waals surface area contributed by atoms with E-state index in [0.717, 1.165) is 11.1 Å². The molecule has 0 saturated heterocycles. The number of benzene rings is 2. The number of hydrogen-bond donors (Lipinski definition) is 2. The van der Waals surface area contributed by atoms with Crippen LogP contribution in [0.4, 0.5) is 4.39 Å². The normalized spacial score (nSPS) is 11.2. The Hall–Kier alpha value is -2.25. The maximum Gasteiger partial charge on any atom is 0.238 e. The molecule has 0 aromatic heterocycles. The van der Waals surface area contributed by atoms with Crippen molar-refractivity contribution in [1.82, 2.24) is 5.32 Å². The van der Waals surface area contributed by atoms with Gasteiger partial charge in [-0.2, -0.15) is 0 Å². The van der Waals surface area contributed by atoms with Crippen LogP contribution in [0.25, 0.3) is 0 Å². The Labute approximate surface area is 140 Å². The molecule has 7 heteroatoms. The van der Waals surface area contributed by atoms with E-state index in [1.165, 1.54) is 24.3 Å². The first-order chi connectivity index (χ1) is 11.3. The van der Waals surface area contributed by atoms with Crippen molar-refractivity contribution in [3.8, 4) is 0 Å². The lowest BCUT2D eigenvalue weighted by Crippen LogP contribution is -2.25. The van der Waals surface area contributed by atoms with Crippen molar-refractivity contribution in [3.63, 3.8) is 0 Å². The minimum absolute atomic E-state index is 0.0605. The van der Waals surface area contributed by atoms with E-state index in [1.54, 1.807) is 24.3 Å². The fourth-order valence-electron chi connectivity index (χ4n) is 2.23. The van der Waals surface area contributed by atoms with Gasteiger partial charge in [-0.15, -0.1) is 0 Å². The number of carbonyl (C=O) groups excluding carboxylic acids is 1. The van der Waals surface area contributed by atoms with Gasteiger partial charge < -0.3 is 5.32 Å². The number of hydrogen-bond acceptors (Lipinski definition) is 3. The predicted octanol–water partition coefficient (Wildman–Crippen LogP) is 1.76. The smallest absolute Gasteiger partial charge is 0.238 e. The largest absolute Gasteiger partial charge is 0.356 e. The molecule has 0 aliphatic carbocycles. The Morgan fingerprint density at radius 3 is 2.38 bits per heavy atom. The molecule has 2 aromatic rings. The van der Waals surface area contributed by atoms with E-state index in [2.05, 4.69) is 5.32 Å². The number of aryl methyl sites for hydroxylation is 1. The van der Waals surface area contributed by atoms with Gasteiger partial charge >= 0.3 is 0 Å². The van der Waals surface area contributed by atoms with Crippen molar-refractivity contribution in [3.05, 3.63) is 65.5 Å². The molecule has 0 unspecified atom stereocenters. The standard InChI is InChI=1S/C17H19FN2O3S/c18-15-3-1-2-14(12-15)6-9-17(21)20-11-10-13-4-7-16(8-5-13)24(19,22)23/h1-5,7-8,12H,6,9-11H2,(H,20,21)(H2,19,22,23). The first kappa shape index (κ1) is 18.1. The summed E-state index contributed by atoms with van der Waals surface area (Å²) in [5.74, 6) is -0.420. The zero-order valence-electron chi connectivity index (χ0n) is 13.0. The van der Waals surface area contributed by atoms with Crippen LogP contribution in [0.2, 0.25) is 0 Å². The van der Waals surface area contributed by atoms with E-state index in [-0.39, 0.29) is 23.0 Å². The van der Waals surface area contributed by atoms with Crippen LogP contribution in [-0.4, -0.2) is 20.9 Å². The van der Waals surface area contributed by atoms with Crippen LogP contribution in [-0.2, 0) is 27.7 Å². The Kier molecular flexibility index (Phi) is 6.05.